The number of rotatable bonds is 4. The lowest BCUT2D eigenvalue weighted by Gasteiger charge is -2.13. The van der Waals surface area contributed by atoms with Crippen molar-refractivity contribution < 1.29 is 24.4 Å². The lowest BCUT2D eigenvalue weighted by Crippen LogP contribution is -2.29. The summed E-state index contributed by atoms with van der Waals surface area (Å²) < 4.78 is 5.35. The summed E-state index contributed by atoms with van der Waals surface area (Å²) in [6.07, 6.45) is -0.410. The van der Waals surface area contributed by atoms with Crippen LogP contribution in [-0.2, 0) is 4.79 Å². The number of amides is 1. The fourth-order valence-corrected chi connectivity index (χ4v) is 1.95. The van der Waals surface area contributed by atoms with Crippen LogP contribution in [0.4, 0.5) is 5.69 Å². The molecule has 2 rings (SSSR count). The molecule has 1 fully saturated rings. The van der Waals surface area contributed by atoms with Crippen LogP contribution in [0, 0.1) is 10.1 Å². The van der Waals surface area contributed by atoms with Gasteiger partial charge in [-0.05, 0) is 6.07 Å². The Balaban J connectivity index is 2.33. The highest BCUT2D eigenvalue weighted by atomic mass is 16.6. The number of hydrogen-bond donors (Lipinski definition) is 1. The van der Waals surface area contributed by atoms with Crippen LogP contribution < -0.4 is 4.74 Å². The number of likely N-dealkylation sites (N-methyl/N-ethyl adjacent to an activating group) is 1. The average molecular weight is 280 g/mol. The van der Waals surface area contributed by atoms with Crippen LogP contribution in [0.15, 0.2) is 18.2 Å². The van der Waals surface area contributed by atoms with Gasteiger partial charge in [0.2, 0.25) is 0 Å². The first-order valence-electron chi connectivity index (χ1n) is 5.83. The van der Waals surface area contributed by atoms with Gasteiger partial charge < -0.3 is 14.7 Å². The van der Waals surface area contributed by atoms with Crippen LogP contribution in [0.2, 0.25) is 0 Å². The zero-order valence-electron chi connectivity index (χ0n) is 10.6. The number of carbonyl (C=O) groups is 2. The third-order valence-electron chi connectivity index (χ3n) is 3.05. The van der Waals surface area contributed by atoms with Crippen LogP contribution in [0.3, 0.4) is 0 Å². The minimum atomic E-state index is -1.22. The van der Waals surface area contributed by atoms with Gasteiger partial charge in [-0.25, -0.2) is 4.79 Å². The molecule has 0 aliphatic carbocycles. The van der Waals surface area contributed by atoms with Gasteiger partial charge in [0.15, 0.2) is 11.9 Å². The Bertz CT molecular complexity index is 585. The maximum Gasteiger partial charge on any atom is 0.335 e. The molecule has 1 aliphatic rings. The number of carbonyl (C=O) groups excluding carboxylic acids is 1. The zero-order chi connectivity index (χ0) is 14.9. The number of aromatic carboxylic acids is 1. The first kappa shape index (κ1) is 13.8. The summed E-state index contributed by atoms with van der Waals surface area (Å²) in [7, 11) is 1.60. The Hall–Kier alpha value is -2.64. The van der Waals surface area contributed by atoms with Gasteiger partial charge in [-0.15, -0.1) is 0 Å². The summed E-state index contributed by atoms with van der Waals surface area (Å²) in [4.78, 5) is 34.3. The van der Waals surface area contributed by atoms with Crippen molar-refractivity contribution >= 4 is 17.6 Å². The first-order valence-corrected chi connectivity index (χ1v) is 5.83. The molecule has 0 aromatic heterocycles. The van der Waals surface area contributed by atoms with Gasteiger partial charge in [-0.2, -0.15) is 0 Å². The molecule has 0 bridgehead atoms. The van der Waals surface area contributed by atoms with E-state index in [1.54, 1.807) is 7.05 Å². The molecule has 1 atom stereocenters. The van der Waals surface area contributed by atoms with Gasteiger partial charge in [0.1, 0.15) is 0 Å². The number of likely N-dealkylation sites (tertiary alicyclic amines) is 1. The maximum atomic E-state index is 11.7. The Morgan fingerprint density at radius 2 is 2.25 bits per heavy atom. The van der Waals surface area contributed by atoms with E-state index in [1.165, 1.54) is 4.90 Å². The quantitative estimate of drug-likeness (QED) is 0.648. The van der Waals surface area contributed by atoms with E-state index in [4.69, 9.17) is 9.84 Å². The highest BCUT2D eigenvalue weighted by molar-refractivity contribution is 5.89. The SMILES string of the molecule is CN1CCC(Oc2cc(C(=O)O)ccc2[N+](=O)[O-])C1=O. The lowest BCUT2D eigenvalue weighted by atomic mass is 10.2. The van der Waals surface area contributed by atoms with E-state index < -0.39 is 17.0 Å². The summed E-state index contributed by atoms with van der Waals surface area (Å²) in [6.45, 7) is 0.496. The summed E-state index contributed by atoms with van der Waals surface area (Å²) in [5.41, 5.74) is -0.498. The van der Waals surface area contributed by atoms with Gasteiger partial charge in [-0.3, -0.25) is 14.9 Å². The van der Waals surface area contributed by atoms with E-state index in [0.29, 0.717) is 13.0 Å². The predicted octanol–water partition coefficient (Wildman–Crippen LogP) is 0.903. The van der Waals surface area contributed by atoms with Crippen molar-refractivity contribution in [2.24, 2.45) is 0 Å². The van der Waals surface area contributed by atoms with E-state index in [2.05, 4.69) is 0 Å². The number of nitro benzene ring substituents is 1. The number of nitrogens with zero attached hydrogens (tertiary/aromatic N) is 2. The van der Waals surface area contributed by atoms with Crippen molar-refractivity contribution in [1.82, 2.24) is 4.90 Å². The molecule has 1 aromatic carbocycles. The highest BCUT2D eigenvalue weighted by Crippen LogP contribution is 2.30. The average Bonchev–Trinajstić information content (AvgIpc) is 2.70. The number of ether oxygens (including phenoxy) is 1. The van der Waals surface area contributed by atoms with Gasteiger partial charge in [0.25, 0.3) is 5.91 Å². The van der Waals surface area contributed by atoms with Crippen LogP contribution in [0.5, 0.6) is 5.75 Å². The Labute approximate surface area is 113 Å². The van der Waals surface area contributed by atoms with Crippen LogP contribution in [0.1, 0.15) is 16.8 Å². The summed E-state index contributed by atoms with van der Waals surface area (Å²) in [5, 5.41) is 19.8. The second-order valence-electron chi connectivity index (χ2n) is 4.40. The summed E-state index contributed by atoms with van der Waals surface area (Å²) in [5.74, 6) is -1.71. The van der Waals surface area contributed by atoms with Crippen molar-refractivity contribution in [2.45, 2.75) is 12.5 Å². The minimum Gasteiger partial charge on any atom is -0.478 e. The van der Waals surface area contributed by atoms with Crippen LogP contribution in [-0.4, -0.2) is 46.5 Å². The van der Waals surface area contributed by atoms with Crippen molar-refractivity contribution in [3.63, 3.8) is 0 Å². The van der Waals surface area contributed by atoms with Gasteiger partial charge in [-0.1, -0.05) is 0 Å². The Morgan fingerprint density at radius 1 is 1.55 bits per heavy atom. The number of nitro groups is 1. The Morgan fingerprint density at radius 3 is 2.75 bits per heavy atom. The number of hydrogen-bond acceptors (Lipinski definition) is 5. The van der Waals surface area contributed by atoms with Crippen molar-refractivity contribution in [3.05, 3.63) is 33.9 Å². The molecular formula is C12H12N2O6. The number of carboxylic acids is 1. The molecule has 1 heterocycles. The molecule has 1 saturated heterocycles. The topological polar surface area (TPSA) is 110 Å². The van der Waals surface area contributed by atoms with Crippen LogP contribution in [0.25, 0.3) is 0 Å². The molecule has 8 heteroatoms. The van der Waals surface area contributed by atoms with Crippen molar-refractivity contribution in [1.29, 1.82) is 0 Å². The minimum absolute atomic E-state index is 0.135. The fourth-order valence-electron chi connectivity index (χ4n) is 1.95. The summed E-state index contributed by atoms with van der Waals surface area (Å²) >= 11 is 0. The second kappa shape index (κ2) is 5.16. The van der Waals surface area contributed by atoms with E-state index in [1.807, 2.05) is 0 Å². The Kier molecular flexibility index (Phi) is 3.55. The molecule has 0 saturated carbocycles. The van der Waals surface area contributed by atoms with E-state index in [0.717, 1.165) is 18.2 Å². The second-order valence-corrected chi connectivity index (χ2v) is 4.40. The lowest BCUT2D eigenvalue weighted by molar-refractivity contribution is -0.386. The third kappa shape index (κ3) is 2.53. The molecule has 1 amide bonds. The summed E-state index contributed by atoms with van der Waals surface area (Å²) in [6, 6.07) is 3.24. The normalized spacial score (nSPS) is 18.1. The van der Waals surface area contributed by atoms with Gasteiger partial charge >= 0.3 is 11.7 Å². The standard InChI is InChI=1S/C12H12N2O6/c1-13-5-4-9(11(13)15)20-10-6-7(12(16)17)2-3-8(10)14(18)19/h2-3,6,9H,4-5H2,1H3,(H,16,17). The fraction of sp³-hybridized carbons (Fsp3) is 0.333. The number of benzene rings is 1. The molecule has 1 unspecified atom stereocenters. The molecule has 0 radical (unpaired) electrons. The maximum absolute atomic E-state index is 11.7. The smallest absolute Gasteiger partial charge is 0.335 e. The van der Waals surface area contributed by atoms with Gasteiger partial charge in [0.05, 0.1) is 10.5 Å². The van der Waals surface area contributed by atoms with E-state index in [9.17, 15) is 19.7 Å². The molecule has 0 spiro atoms. The first-order chi connectivity index (χ1) is 9.40. The van der Waals surface area contributed by atoms with Gasteiger partial charge in [0, 0.05) is 32.1 Å². The molecule has 1 aliphatic heterocycles. The largest absolute Gasteiger partial charge is 0.478 e. The predicted molar refractivity (Wildman–Crippen MR) is 66.7 cm³/mol. The van der Waals surface area contributed by atoms with E-state index >= 15 is 0 Å². The molecular weight excluding hydrogens is 268 g/mol. The van der Waals surface area contributed by atoms with E-state index in [-0.39, 0.29) is 22.9 Å². The highest BCUT2D eigenvalue weighted by Gasteiger charge is 2.32. The molecule has 20 heavy (non-hydrogen) atoms. The van der Waals surface area contributed by atoms with Crippen molar-refractivity contribution in [3.8, 4) is 5.75 Å². The molecule has 1 aromatic rings. The zero-order valence-corrected chi connectivity index (χ0v) is 10.6. The number of carboxylic acid groups (broad SMARTS) is 1. The molecule has 106 valence electrons. The van der Waals surface area contributed by atoms with Crippen molar-refractivity contribution in [2.75, 3.05) is 13.6 Å². The molecule has 1 N–H and O–H groups in total. The monoisotopic (exact) mass is 280 g/mol. The third-order valence-corrected chi connectivity index (χ3v) is 3.05. The van der Waals surface area contributed by atoms with Crippen LogP contribution >= 0.6 is 0 Å². The molecule has 8 nitrogen and oxygen atoms in total.